The van der Waals surface area contributed by atoms with Crippen LogP contribution in [0.3, 0.4) is 0 Å². The number of hydrogen-bond acceptors (Lipinski definition) is 3. The Balaban J connectivity index is 1.92. The van der Waals surface area contributed by atoms with Gasteiger partial charge in [-0.15, -0.1) is 0 Å². The fraction of sp³-hybridized carbons (Fsp3) is 0.192. The zero-order chi connectivity index (χ0) is 20.8. The molecule has 0 saturated carbocycles. The minimum Gasteiger partial charge on any atom is -0.457 e. The highest BCUT2D eigenvalue weighted by Crippen LogP contribution is 2.30. The lowest BCUT2D eigenvalue weighted by Crippen LogP contribution is -2.07. The summed E-state index contributed by atoms with van der Waals surface area (Å²) < 4.78 is 5.35. The van der Waals surface area contributed by atoms with E-state index >= 15 is 0 Å². The van der Waals surface area contributed by atoms with Gasteiger partial charge in [-0.3, -0.25) is 0 Å². The van der Waals surface area contributed by atoms with Crippen molar-refractivity contribution in [3.8, 4) is 22.3 Å². The summed E-state index contributed by atoms with van der Waals surface area (Å²) >= 11 is 0. The largest absolute Gasteiger partial charge is 0.457 e. The summed E-state index contributed by atoms with van der Waals surface area (Å²) in [6.07, 6.45) is 0.520. The summed E-state index contributed by atoms with van der Waals surface area (Å²) in [4.78, 5) is 11.8. The molecule has 3 heteroatoms. The second-order valence-electron chi connectivity index (χ2n) is 7.21. The molecule has 0 radical (unpaired) electrons. The van der Waals surface area contributed by atoms with Crippen LogP contribution in [0.4, 0.5) is 0 Å². The molecule has 0 spiro atoms. The maximum atomic E-state index is 11.8. The zero-order valence-electron chi connectivity index (χ0n) is 16.9. The van der Waals surface area contributed by atoms with Gasteiger partial charge in [0.05, 0.1) is 0 Å². The van der Waals surface area contributed by atoms with E-state index in [1.165, 1.54) is 16.7 Å². The number of benzene rings is 3. The minimum absolute atomic E-state index is 0.0472. The lowest BCUT2D eigenvalue weighted by Gasteiger charge is -2.14. The Bertz CT molecular complexity index is 1020. The van der Waals surface area contributed by atoms with Gasteiger partial charge in [0.1, 0.15) is 6.61 Å². The molecule has 1 N–H and O–H groups in total. The van der Waals surface area contributed by atoms with Gasteiger partial charge in [0.25, 0.3) is 0 Å². The molecule has 0 heterocycles. The SMILES string of the molecule is C=C(C)C(=O)OCc1cc(-c2ccc(-c3ccccc3)cc2C)ccc1CCO. The molecule has 0 saturated heterocycles. The second-order valence-corrected chi connectivity index (χ2v) is 7.21. The number of carbonyl (C=O) groups excluding carboxylic acids is 1. The van der Waals surface area contributed by atoms with E-state index in [2.05, 4.69) is 49.9 Å². The number of hydrogen-bond donors (Lipinski definition) is 1. The number of aliphatic hydroxyl groups is 1. The monoisotopic (exact) mass is 386 g/mol. The molecular weight excluding hydrogens is 360 g/mol. The third-order valence-electron chi connectivity index (χ3n) is 4.94. The van der Waals surface area contributed by atoms with Crippen LogP contribution in [0.5, 0.6) is 0 Å². The Morgan fingerprint density at radius 3 is 2.31 bits per heavy atom. The fourth-order valence-electron chi connectivity index (χ4n) is 3.36. The van der Waals surface area contributed by atoms with Crippen molar-refractivity contribution in [3.05, 3.63) is 95.6 Å². The van der Waals surface area contributed by atoms with E-state index in [-0.39, 0.29) is 13.2 Å². The van der Waals surface area contributed by atoms with Crippen LogP contribution in [0, 0.1) is 6.92 Å². The molecule has 0 bridgehead atoms. The van der Waals surface area contributed by atoms with Crippen molar-refractivity contribution in [1.29, 1.82) is 0 Å². The summed E-state index contributed by atoms with van der Waals surface area (Å²) in [5.74, 6) is -0.409. The van der Waals surface area contributed by atoms with Crippen LogP contribution in [0.25, 0.3) is 22.3 Å². The van der Waals surface area contributed by atoms with Crippen LogP contribution >= 0.6 is 0 Å². The average Bonchev–Trinajstić information content (AvgIpc) is 2.73. The molecule has 0 aliphatic heterocycles. The van der Waals surface area contributed by atoms with Crippen LogP contribution < -0.4 is 0 Å². The van der Waals surface area contributed by atoms with E-state index in [1.54, 1.807) is 6.92 Å². The van der Waals surface area contributed by atoms with Gasteiger partial charge in [0.15, 0.2) is 0 Å². The Kier molecular flexibility index (Phi) is 6.63. The van der Waals surface area contributed by atoms with Crippen LogP contribution in [0.15, 0.2) is 78.9 Å². The van der Waals surface area contributed by atoms with E-state index < -0.39 is 5.97 Å². The third-order valence-corrected chi connectivity index (χ3v) is 4.94. The van der Waals surface area contributed by atoms with Crippen molar-refractivity contribution in [2.45, 2.75) is 26.9 Å². The van der Waals surface area contributed by atoms with Gasteiger partial charge in [0.2, 0.25) is 0 Å². The number of aryl methyl sites for hydroxylation is 1. The molecule has 3 aromatic rings. The van der Waals surface area contributed by atoms with Crippen LogP contribution in [-0.2, 0) is 22.6 Å². The van der Waals surface area contributed by atoms with Crippen molar-refractivity contribution in [1.82, 2.24) is 0 Å². The van der Waals surface area contributed by atoms with Crippen LogP contribution in [-0.4, -0.2) is 17.7 Å². The highest BCUT2D eigenvalue weighted by molar-refractivity contribution is 5.87. The average molecular weight is 386 g/mol. The van der Waals surface area contributed by atoms with E-state index in [9.17, 15) is 9.90 Å². The molecular formula is C26H26O3. The van der Waals surface area contributed by atoms with Crippen LogP contribution in [0.1, 0.15) is 23.6 Å². The van der Waals surface area contributed by atoms with E-state index in [4.69, 9.17) is 4.74 Å². The predicted octanol–water partition coefficient (Wildman–Crippen LogP) is 5.48. The first-order chi connectivity index (χ1) is 14.0. The molecule has 3 nitrogen and oxygen atoms in total. The number of carbonyl (C=O) groups is 1. The smallest absolute Gasteiger partial charge is 0.333 e. The Hall–Kier alpha value is -3.17. The molecule has 0 aliphatic rings. The number of aliphatic hydroxyl groups excluding tert-OH is 1. The first-order valence-electron chi connectivity index (χ1n) is 9.71. The van der Waals surface area contributed by atoms with Crippen LogP contribution in [0.2, 0.25) is 0 Å². The van der Waals surface area contributed by atoms with Gasteiger partial charge in [-0.1, -0.05) is 67.2 Å². The lowest BCUT2D eigenvalue weighted by molar-refractivity contribution is -0.140. The van der Waals surface area contributed by atoms with E-state index in [1.807, 2.05) is 30.3 Å². The highest BCUT2D eigenvalue weighted by atomic mass is 16.5. The highest BCUT2D eigenvalue weighted by Gasteiger charge is 2.11. The molecule has 148 valence electrons. The first kappa shape index (κ1) is 20.6. The summed E-state index contributed by atoms with van der Waals surface area (Å²) in [6.45, 7) is 7.56. The summed E-state index contributed by atoms with van der Waals surface area (Å²) in [5, 5.41) is 9.36. The Morgan fingerprint density at radius 1 is 0.931 bits per heavy atom. The van der Waals surface area contributed by atoms with Crippen molar-refractivity contribution in [2.75, 3.05) is 6.61 Å². The quantitative estimate of drug-likeness (QED) is 0.432. The molecule has 3 rings (SSSR count). The Morgan fingerprint density at radius 2 is 1.66 bits per heavy atom. The predicted molar refractivity (Wildman–Crippen MR) is 117 cm³/mol. The third kappa shape index (κ3) is 5.01. The van der Waals surface area contributed by atoms with Gasteiger partial charge < -0.3 is 9.84 Å². The van der Waals surface area contributed by atoms with Gasteiger partial charge in [0, 0.05) is 12.2 Å². The summed E-state index contributed by atoms with van der Waals surface area (Å²) in [6, 6.07) is 22.8. The standard InChI is InChI=1S/C26H26O3/c1-18(2)26(28)29-17-24-16-23(10-9-21(24)13-14-27)25-12-11-22(15-19(25)3)20-7-5-4-6-8-20/h4-12,15-16,27H,1,13-14,17H2,2-3H3. The lowest BCUT2D eigenvalue weighted by atomic mass is 9.93. The number of esters is 1. The molecule has 0 fully saturated rings. The molecule has 29 heavy (non-hydrogen) atoms. The number of ether oxygens (including phenoxy) is 1. The fourth-order valence-corrected chi connectivity index (χ4v) is 3.36. The minimum atomic E-state index is -0.409. The summed E-state index contributed by atoms with van der Waals surface area (Å²) in [7, 11) is 0. The maximum absolute atomic E-state index is 11.8. The molecule has 0 amide bonds. The van der Waals surface area contributed by atoms with E-state index in [0.717, 1.165) is 22.3 Å². The van der Waals surface area contributed by atoms with Crippen molar-refractivity contribution in [3.63, 3.8) is 0 Å². The molecule has 0 atom stereocenters. The topological polar surface area (TPSA) is 46.5 Å². The van der Waals surface area contributed by atoms with Gasteiger partial charge in [-0.2, -0.15) is 0 Å². The normalized spacial score (nSPS) is 10.6. The Labute approximate surface area is 172 Å². The van der Waals surface area contributed by atoms with Gasteiger partial charge >= 0.3 is 5.97 Å². The second kappa shape index (κ2) is 9.35. The molecule has 0 aromatic heterocycles. The van der Waals surface area contributed by atoms with Crippen molar-refractivity contribution < 1.29 is 14.6 Å². The van der Waals surface area contributed by atoms with Crippen molar-refractivity contribution in [2.24, 2.45) is 0 Å². The molecule has 0 aliphatic carbocycles. The van der Waals surface area contributed by atoms with E-state index in [0.29, 0.717) is 12.0 Å². The number of rotatable bonds is 7. The van der Waals surface area contributed by atoms with Gasteiger partial charge in [-0.25, -0.2) is 4.79 Å². The maximum Gasteiger partial charge on any atom is 0.333 e. The molecule has 3 aromatic carbocycles. The summed E-state index contributed by atoms with van der Waals surface area (Å²) in [5.41, 5.74) is 7.98. The van der Waals surface area contributed by atoms with Gasteiger partial charge in [-0.05, 0) is 65.3 Å². The van der Waals surface area contributed by atoms with Crippen molar-refractivity contribution >= 4 is 5.97 Å². The first-order valence-corrected chi connectivity index (χ1v) is 9.71. The zero-order valence-corrected chi connectivity index (χ0v) is 16.9. The molecule has 0 unspecified atom stereocenters.